The van der Waals surface area contributed by atoms with Crippen molar-refractivity contribution in [1.29, 1.82) is 0 Å². The monoisotopic (exact) mass is 879 g/mol. The van der Waals surface area contributed by atoms with Gasteiger partial charge in [0, 0.05) is 43.5 Å². The molecule has 0 bridgehead atoms. The van der Waals surface area contributed by atoms with E-state index in [9.17, 15) is 9.59 Å². The van der Waals surface area contributed by atoms with E-state index >= 15 is 0 Å². The van der Waals surface area contributed by atoms with Crippen molar-refractivity contribution in [3.8, 4) is 11.5 Å². The van der Waals surface area contributed by atoms with Gasteiger partial charge in [0.1, 0.15) is 11.5 Å². The second kappa shape index (κ2) is 23.0. The number of rotatable bonds is 25. The van der Waals surface area contributed by atoms with E-state index < -0.39 is 0 Å². The topological polar surface area (TPSA) is 52.6 Å². The molecule has 2 heterocycles. The first-order valence-corrected chi connectivity index (χ1v) is 26.4. The predicted molar refractivity (Wildman–Crippen MR) is 265 cm³/mol. The van der Waals surface area contributed by atoms with Gasteiger partial charge in [-0.05, 0) is 72.3 Å². The number of hydrogen-bond donors (Lipinski definition) is 0. The van der Waals surface area contributed by atoms with Crippen molar-refractivity contribution in [3.63, 3.8) is 0 Å². The fourth-order valence-corrected chi connectivity index (χ4v) is 12.3. The van der Waals surface area contributed by atoms with Crippen LogP contribution in [0.2, 0.25) is 0 Å². The molecule has 1 aromatic carbocycles. The lowest BCUT2D eigenvalue weighted by Gasteiger charge is -2.26. The van der Waals surface area contributed by atoms with E-state index in [2.05, 4.69) is 102 Å². The normalized spacial score (nSPS) is 17.8. The Morgan fingerprint density at radius 2 is 1.37 bits per heavy atom. The molecule has 0 N–H and O–H groups in total. The fraction of sp³-hybridized carbons (Fsp3) is 0.698. The highest BCUT2D eigenvalue weighted by molar-refractivity contribution is 8.08. The van der Waals surface area contributed by atoms with E-state index in [0.29, 0.717) is 48.5 Å². The number of carbonyl (C=O) groups is 2. The summed E-state index contributed by atoms with van der Waals surface area (Å²) in [4.78, 5) is 34.4. The van der Waals surface area contributed by atoms with Crippen LogP contribution in [0.3, 0.4) is 0 Å². The van der Waals surface area contributed by atoms with E-state index in [1.54, 1.807) is 23.1 Å². The van der Waals surface area contributed by atoms with E-state index in [1.165, 1.54) is 37.0 Å². The summed E-state index contributed by atoms with van der Waals surface area (Å²) in [5.41, 5.74) is 0.959. The molecular formula is C53H82O4S3. The summed E-state index contributed by atoms with van der Waals surface area (Å²) in [6.07, 6.45) is 16.1. The van der Waals surface area contributed by atoms with Crippen molar-refractivity contribution < 1.29 is 19.1 Å². The van der Waals surface area contributed by atoms with Gasteiger partial charge in [0.15, 0.2) is 11.6 Å². The molecule has 0 radical (unpaired) electrons. The molecule has 1 aliphatic rings. The maximum absolute atomic E-state index is 14.7. The zero-order valence-corrected chi connectivity index (χ0v) is 42.6. The highest BCUT2D eigenvalue weighted by Gasteiger charge is 2.41. The first-order valence-electron chi connectivity index (χ1n) is 24.0. The number of fused-ring (bicyclic) bond motifs is 2. The van der Waals surface area contributed by atoms with Gasteiger partial charge in [0.2, 0.25) is 0 Å². The number of hydrogen-bond acceptors (Lipinski definition) is 7. The molecule has 0 aliphatic heterocycles. The van der Waals surface area contributed by atoms with Gasteiger partial charge in [-0.15, -0.1) is 22.7 Å². The molecular weight excluding hydrogens is 797 g/mol. The van der Waals surface area contributed by atoms with Crippen LogP contribution in [0.15, 0.2) is 23.6 Å². The Bertz CT molecular complexity index is 1870. The molecule has 0 amide bonds. The number of ketones is 2. The van der Waals surface area contributed by atoms with Crippen molar-refractivity contribution in [2.75, 3.05) is 13.2 Å². The van der Waals surface area contributed by atoms with Gasteiger partial charge >= 0.3 is 0 Å². The highest BCUT2D eigenvalue weighted by Crippen LogP contribution is 2.53. The molecule has 336 valence electrons. The standard InChI is InChI=1S/C53H82O4S3/c1-15-22-25-36(18-4)28-39-29-41(54)45-46(47(55)34(39)8)51(52(10,11)12)60-49(45)35(9)58-43-31-42(56-32-37(19-5)26-23-16-2)50-40(30-44(59-50)53(13,14)21-7)48(43)57-33-38(20-6)27-24-17-3/h30-31,34,36-39H,9,15-29,32-33H2,1-8,10-14H3. The average molecular weight is 879 g/mol. The number of thiophene rings is 2. The molecule has 5 unspecified atom stereocenters. The number of thioether (sulfide) groups is 1. The van der Waals surface area contributed by atoms with Gasteiger partial charge in [-0.25, -0.2) is 0 Å². The number of unbranched alkanes of at least 4 members (excludes halogenated alkanes) is 3. The first kappa shape index (κ1) is 50.6. The molecule has 3 aromatic rings. The smallest absolute Gasteiger partial charge is 0.167 e. The van der Waals surface area contributed by atoms with Crippen molar-refractivity contribution in [2.24, 2.45) is 29.6 Å². The third kappa shape index (κ3) is 12.3. The largest absolute Gasteiger partial charge is 0.492 e. The third-order valence-electron chi connectivity index (χ3n) is 13.6. The Morgan fingerprint density at radius 1 is 0.800 bits per heavy atom. The van der Waals surface area contributed by atoms with E-state index in [1.807, 2.05) is 11.3 Å². The molecule has 1 aliphatic carbocycles. The minimum atomic E-state index is -0.310. The average Bonchev–Trinajstić information content (AvgIpc) is 3.85. The van der Waals surface area contributed by atoms with Gasteiger partial charge in [-0.1, -0.05) is 173 Å². The second-order valence-corrected chi connectivity index (χ2v) is 22.9. The molecule has 60 heavy (non-hydrogen) atoms. The Balaban J connectivity index is 1.89. The molecule has 5 atom stereocenters. The summed E-state index contributed by atoms with van der Waals surface area (Å²) in [5, 5.41) is 1.10. The minimum absolute atomic E-state index is 0.00221. The number of ether oxygens (including phenoxy) is 2. The summed E-state index contributed by atoms with van der Waals surface area (Å²) < 4.78 is 15.1. The Morgan fingerprint density at radius 3 is 1.90 bits per heavy atom. The molecule has 0 spiro atoms. The van der Waals surface area contributed by atoms with Gasteiger partial charge in [0.05, 0.1) is 27.7 Å². The minimum Gasteiger partial charge on any atom is -0.492 e. The van der Waals surface area contributed by atoms with Crippen LogP contribution in [0.4, 0.5) is 0 Å². The van der Waals surface area contributed by atoms with Crippen LogP contribution in [-0.4, -0.2) is 24.8 Å². The first-order chi connectivity index (χ1) is 28.5. The van der Waals surface area contributed by atoms with E-state index in [4.69, 9.17) is 16.1 Å². The summed E-state index contributed by atoms with van der Waals surface area (Å²) in [6.45, 7) is 35.2. The Labute approximate surface area is 378 Å². The van der Waals surface area contributed by atoms with Crippen LogP contribution < -0.4 is 9.47 Å². The maximum Gasteiger partial charge on any atom is 0.167 e. The van der Waals surface area contributed by atoms with Crippen LogP contribution in [0, 0.1) is 29.6 Å². The number of carbonyl (C=O) groups excluding carboxylic acids is 2. The Hall–Kier alpha value is -2.09. The summed E-state index contributed by atoms with van der Waals surface area (Å²) in [6, 6.07) is 4.57. The van der Waals surface area contributed by atoms with Crippen molar-refractivity contribution in [2.45, 2.75) is 202 Å². The lowest BCUT2D eigenvalue weighted by Crippen LogP contribution is -2.24. The number of benzene rings is 1. The lowest BCUT2D eigenvalue weighted by atomic mass is 9.78. The van der Waals surface area contributed by atoms with Crippen LogP contribution in [0.1, 0.15) is 222 Å². The van der Waals surface area contributed by atoms with Crippen LogP contribution in [0.25, 0.3) is 15.0 Å². The van der Waals surface area contributed by atoms with Crippen molar-refractivity contribution in [1.82, 2.24) is 0 Å². The van der Waals surface area contributed by atoms with E-state index in [-0.39, 0.29) is 34.2 Å². The third-order valence-corrected chi connectivity index (χ3v) is 17.9. The molecule has 4 nitrogen and oxygen atoms in total. The predicted octanol–water partition coefficient (Wildman–Crippen LogP) is 17.5. The summed E-state index contributed by atoms with van der Waals surface area (Å²) >= 11 is 5.04. The number of Topliss-reactive ketones (excluding diaryl/α,β-unsaturated/α-hetero) is 2. The van der Waals surface area contributed by atoms with Crippen molar-refractivity contribution in [3.05, 3.63) is 44.5 Å². The molecule has 0 fully saturated rings. The summed E-state index contributed by atoms with van der Waals surface area (Å²) in [5.74, 6) is 3.33. The highest BCUT2D eigenvalue weighted by atomic mass is 32.2. The zero-order valence-electron chi connectivity index (χ0n) is 40.1. The second-order valence-electron chi connectivity index (χ2n) is 19.7. The van der Waals surface area contributed by atoms with Crippen LogP contribution in [0.5, 0.6) is 11.5 Å². The summed E-state index contributed by atoms with van der Waals surface area (Å²) in [7, 11) is 0. The quantitative estimate of drug-likeness (QED) is 0.0627. The molecule has 4 rings (SSSR count). The van der Waals surface area contributed by atoms with E-state index in [0.717, 1.165) is 98.9 Å². The fourth-order valence-electron chi connectivity index (χ4n) is 8.66. The van der Waals surface area contributed by atoms with Crippen molar-refractivity contribution >= 4 is 61.0 Å². The maximum atomic E-state index is 14.7. The lowest BCUT2D eigenvalue weighted by molar-refractivity contribution is 0.0852. The van der Waals surface area contributed by atoms with Gasteiger partial charge in [-0.2, -0.15) is 0 Å². The molecule has 2 aromatic heterocycles. The Kier molecular flexibility index (Phi) is 19.4. The molecule has 7 heteroatoms. The SMILES string of the molecule is C=C(Sc1cc(OCC(CC)CCCC)c2sc(C(C)(C)CC)cc2c1OCC(CC)CCCC)c1sc(C(C)(C)C)c2c1C(=O)CC(CC(CC)CCCC)C(C)C2=O. The zero-order chi connectivity index (χ0) is 44.4. The molecule has 0 saturated heterocycles. The van der Waals surface area contributed by atoms with Gasteiger partial charge in [-0.3, -0.25) is 9.59 Å². The van der Waals surface area contributed by atoms with Crippen LogP contribution >= 0.6 is 34.4 Å². The van der Waals surface area contributed by atoms with Gasteiger partial charge in [0.25, 0.3) is 0 Å². The van der Waals surface area contributed by atoms with Crippen LogP contribution in [-0.2, 0) is 10.8 Å². The van der Waals surface area contributed by atoms with Gasteiger partial charge < -0.3 is 9.47 Å². The molecule has 0 saturated carbocycles.